The van der Waals surface area contributed by atoms with E-state index in [4.69, 9.17) is 5.73 Å². The second-order valence-electron chi connectivity index (χ2n) is 4.23. The molecule has 14 heavy (non-hydrogen) atoms. The predicted octanol–water partition coefficient (Wildman–Crippen LogP) is 1.83. The highest BCUT2D eigenvalue weighted by Gasteiger charge is 2.26. The van der Waals surface area contributed by atoms with Gasteiger partial charge in [0.2, 0.25) is 0 Å². The summed E-state index contributed by atoms with van der Waals surface area (Å²) < 4.78 is 0. The number of benzene rings is 1. The van der Waals surface area contributed by atoms with Crippen molar-refractivity contribution in [3.63, 3.8) is 0 Å². The van der Waals surface area contributed by atoms with Gasteiger partial charge in [-0.1, -0.05) is 30.3 Å². The van der Waals surface area contributed by atoms with Gasteiger partial charge in [0.25, 0.3) is 0 Å². The maximum absolute atomic E-state index is 5.74. The van der Waals surface area contributed by atoms with Crippen molar-refractivity contribution in [1.29, 1.82) is 0 Å². The molecule has 1 aliphatic rings. The maximum atomic E-state index is 5.74. The minimum absolute atomic E-state index is 0.426. The summed E-state index contributed by atoms with van der Waals surface area (Å²) in [5.74, 6) is 0. The molecule has 1 aromatic carbocycles. The van der Waals surface area contributed by atoms with Crippen LogP contribution in [0.5, 0.6) is 0 Å². The van der Waals surface area contributed by atoms with Crippen molar-refractivity contribution in [2.75, 3.05) is 0 Å². The Balaban J connectivity index is 1.87. The second kappa shape index (κ2) is 4.11. The lowest BCUT2D eigenvalue weighted by atomic mass is 9.87. The molecule has 1 atom stereocenters. The molecule has 1 saturated carbocycles. The SMILES string of the molecule is C[C@@H](NC1CC(N)C1)c1ccccc1. The molecule has 2 heteroatoms. The monoisotopic (exact) mass is 190 g/mol. The van der Waals surface area contributed by atoms with Crippen LogP contribution >= 0.6 is 0 Å². The summed E-state index contributed by atoms with van der Waals surface area (Å²) in [7, 11) is 0. The largest absolute Gasteiger partial charge is 0.328 e. The maximum Gasteiger partial charge on any atom is 0.0294 e. The fourth-order valence-corrected chi connectivity index (χ4v) is 1.99. The van der Waals surface area contributed by atoms with Crippen molar-refractivity contribution >= 4 is 0 Å². The molecular formula is C12H18N2. The molecule has 0 unspecified atom stereocenters. The van der Waals surface area contributed by atoms with E-state index in [1.165, 1.54) is 5.56 Å². The molecular weight excluding hydrogens is 172 g/mol. The Labute approximate surface area is 85.5 Å². The third kappa shape index (κ3) is 2.14. The Morgan fingerprint density at radius 1 is 1.29 bits per heavy atom. The molecule has 0 radical (unpaired) electrons. The van der Waals surface area contributed by atoms with E-state index in [1.54, 1.807) is 0 Å². The Morgan fingerprint density at radius 3 is 2.50 bits per heavy atom. The minimum Gasteiger partial charge on any atom is -0.328 e. The molecule has 1 fully saturated rings. The first-order valence-corrected chi connectivity index (χ1v) is 5.32. The van der Waals surface area contributed by atoms with E-state index in [2.05, 4.69) is 42.6 Å². The van der Waals surface area contributed by atoms with Crippen LogP contribution in [0.15, 0.2) is 30.3 Å². The zero-order valence-electron chi connectivity index (χ0n) is 8.61. The molecule has 3 N–H and O–H groups in total. The van der Waals surface area contributed by atoms with Gasteiger partial charge >= 0.3 is 0 Å². The predicted molar refractivity (Wildman–Crippen MR) is 59.0 cm³/mol. The number of nitrogens with one attached hydrogen (secondary N) is 1. The number of nitrogens with two attached hydrogens (primary N) is 1. The van der Waals surface area contributed by atoms with E-state index in [0.717, 1.165) is 12.8 Å². The van der Waals surface area contributed by atoms with Crippen LogP contribution in [0, 0.1) is 0 Å². The van der Waals surface area contributed by atoms with E-state index >= 15 is 0 Å². The van der Waals surface area contributed by atoms with Crippen LogP contribution in [-0.2, 0) is 0 Å². The molecule has 0 aliphatic heterocycles. The molecule has 0 spiro atoms. The van der Waals surface area contributed by atoms with Crippen LogP contribution in [0.25, 0.3) is 0 Å². The summed E-state index contributed by atoms with van der Waals surface area (Å²) in [6, 6.07) is 12.0. The smallest absolute Gasteiger partial charge is 0.0294 e. The van der Waals surface area contributed by atoms with Crippen molar-refractivity contribution < 1.29 is 0 Å². The molecule has 2 rings (SSSR count). The van der Waals surface area contributed by atoms with Crippen molar-refractivity contribution in [3.8, 4) is 0 Å². The number of rotatable bonds is 3. The summed E-state index contributed by atoms with van der Waals surface area (Å²) in [5, 5.41) is 3.58. The lowest BCUT2D eigenvalue weighted by molar-refractivity contribution is 0.272. The fraction of sp³-hybridized carbons (Fsp3) is 0.500. The molecule has 1 aliphatic carbocycles. The van der Waals surface area contributed by atoms with Crippen molar-refractivity contribution in [2.24, 2.45) is 5.73 Å². The average molecular weight is 190 g/mol. The van der Waals surface area contributed by atoms with Crippen LogP contribution in [0.2, 0.25) is 0 Å². The number of hydrogen-bond donors (Lipinski definition) is 2. The van der Waals surface area contributed by atoms with Crippen molar-refractivity contribution in [2.45, 2.75) is 37.9 Å². The van der Waals surface area contributed by atoms with Crippen LogP contribution < -0.4 is 11.1 Å². The van der Waals surface area contributed by atoms with E-state index in [1.807, 2.05) is 0 Å². The Bertz CT molecular complexity index is 278. The van der Waals surface area contributed by atoms with Gasteiger partial charge in [0.05, 0.1) is 0 Å². The minimum atomic E-state index is 0.426. The van der Waals surface area contributed by atoms with E-state index < -0.39 is 0 Å². The van der Waals surface area contributed by atoms with Crippen LogP contribution in [-0.4, -0.2) is 12.1 Å². The molecule has 0 bridgehead atoms. The summed E-state index contributed by atoms with van der Waals surface area (Å²) in [4.78, 5) is 0. The molecule has 0 saturated heterocycles. The summed E-state index contributed by atoms with van der Waals surface area (Å²) >= 11 is 0. The average Bonchev–Trinajstić information content (AvgIpc) is 2.17. The van der Waals surface area contributed by atoms with Crippen LogP contribution in [0.4, 0.5) is 0 Å². The third-order valence-electron chi connectivity index (χ3n) is 2.96. The summed E-state index contributed by atoms with van der Waals surface area (Å²) in [5.41, 5.74) is 7.10. The zero-order valence-corrected chi connectivity index (χ0v) is 8.61. The highest BCUT2D eigenvalue weighted by Crippen LogP contribution is 2.21. The van der Waals surface area contributed by atoms with Gasteiger partial charge < -0.3 is 11.1 Å². The lowest BCUT2D eigenvalue weighted by Crippen LogP contribution is -2.48. The van der Waals surface area contributed by atoms with Crippen molar-refractivity contribution in [1.82, 2.24) is 5.32 Å². The van der Waals surface area contributed by atoms with Gasteiger partial charge in [0.15, 0.2) is 0 Å². The van der Waals surface area contributed by atoms with Gasteiger partial charge in [0.1, 0.15) is 0 Å². The third-order valence-corrected chi connectivity index (χ3v) is 2.96. The standard InChI is InChI=1S/C12H18N2/c1-9(10-5-3-2-4-6-10)14-12-7-11(13)8-12/h2-6,9,11-12,14H,7-8,13H2,1H3/t9-,11?,12?/m1/s1. The van der Waals surface area contributed by atoms with Gasteiger partial charge in [-0.2, -0.15) is 0 Å². The summed E-state index contributed by atoms with van der Waals surface area (Å²) in [6.07, 6.45) is 2.24. The van der Waals surface area contributed by atoms with Gasteiger partial charge in [-0.05, 0) is 25.3 Å². The molecule has 0 heterocycles. The fourth-order valence-electron chi connectivity index (χ4n) is 1.99. The first-order chi connectivity index (χ1) is 6.75. The normalized spacial score (nSPS) is 28.1. The van der Waals surface area contributed by atoms with Gasteiger partial charge in [0, 0.05) is 18.1 Å². The lowest BCUT2D eigenvalue weighted by Gasteiger charge is -2.35. The summed E-state index contributed by atoms with van der Waals surface area (Å²) in [6.45, 7) is 2.21. The second-order valence-corrected chi connectivity index (χ2v) is 4.23. The molecule has 0 amide bonds. The van der Waals surface area contributed by atoms with E-state index in [9.17, 15) is 0 Å². The van der Waals surface area contributed by atoms with E-state index in [-0.39, 0.29) is 0 Å². The quantitative estimate of drug-likeness (QED) is 0.763. The van der Waals surface area contributed by atoms with Crippen LogP contribution in [0.1, 0.15) is 31.4 Å². The Kier molecular flexibility index (Phi) is 2.85. The van der Waals surface area contributed by atoms with Gasteiger partial charge in [-0.15, -0.1) is 0 Å². The van der Waals surface area contributed by atoms with Gasteiger partial charge in [-0.3, -0.25) is 0 Å². The first-order valence-electron chi connectivity index (χ1n) is 5.32. The first kappa shape index (κ1) is 9.69. The molecule has 1 aromatic rings. The van der Waals surface area contributed by atoms with Gasteiger partial charge in [-0.25, -0.2) is 0 Å². The van der Waals surface area contributed by atoms with Crippen molar-refractivity contribution in [3.05, 3.63) is 35.9 Å². The molecule has 0 aromatic heterocycles. The molecule has 76 valence electrons. The highest BCUT2D eigenvalue weighted by atomic mass is 15.0. The van der Waals surface area contributed by atoms with E-state index in [0.29, 0.717) is 18.1 Å². The Morgan fingerprint density at radius 2 is 1.93 bits per heavy atom. The zero-order chi connectivity index (χ0) is 9.97. The highest BCUT2D eigenvalue weighted by molar-refractivity contribution is 5.18. The Hall–Kier alpha value is -0.860. The number of hydrogen-bond acceptors (Lipinski definition) is 2. The topological polar surface area (TPSA) is 38.0 Å². The molecule has 2 nitrogen and oxygen atoms in total. The van der Waals surface area contributed by atoms with Crippen LogP contribution in [0.3, 0.4) is 0 Å².